The summed E-state index contributed by atoms with van der Waals surface area (Å²) in [6.45, 7) is 5.67. The van der Waals surface area contributed by atoms with Gasteiger partial charge in [-0.25, -0.2) is 0 Å². The second kappa shape index (κ2) is 5.25. The van der Waals surface area contributed by atoms with Gasteiger partial charge in [0.1, 0.15) is 5.75 Å². The van der Waals surface area contributed by atoms with Crippen molar-refractivity contribution in [2.75, 3.05) is 13.1 Å². The molecular weight excluding hydrogens is 329 g/mol. The van der Waals surface area contributed by atoms with E-state index in [0.29, 0.717) is 11.3 Å². The molecule has 2 rings (SSSR count). The highest BCUT2D eigenvalue weighted by Crippen LogP contribution is 2.25. The molecule has 1 saturated heterocycles. The highest BCUT2D eigenvalue weighted by Gasteiger charge is 2.24. The number of likely N-dealkylation sites (tertiary alicyclic amines) is 1. The normalized spacial score (nSPS) is 14.7. The van der Waals surface area contributed by atoms with Crippen molar-refractivity contribution in [2.45, 2.75) is 26.4 Å². The van der Waals surface area contributed by atoms with Crippen molar-refractivity contribution in [3.8, 4) is 5.75 Å². The van der Waals surface area contributed by atoms with Crippen molar-refractivity contribution in [2.24, 2.45) is 0 Å². The van der Waals surface area contributed by atoms with Crippen molar-refractivity contribution >= 4 is 28.5 Å². The fourth-order valence-electron chi connectivity index (χ4n) is 1.71. The summed E-state index contributed by atoms with van der Waals surface area (Å²) in [6, 6.07) is 5.73. The number of carbonyl (C=O) groups is 1. The first kappa shape index (κ1) is 12.7. The molecule has 1 aromatic carbocycles. The van der Waals surface area contributed by atoms with Crippen LogP contribution in [0.1, 0.15) is 30.6 Å². The van der Waals surface area contributed by atoms with Crippen LogP contribution in [0.5, 0.6) is 5.75 Å². The van der Waals surface area contributed by atoms with Crippen LogP contribution in [0.15, 0.2) is 18.2 Å². The van der Waals surface area contributed by atoms with E-state index in [1.807, 2.05) is 36.9 Å². The number of nitrogens with zero attached hydrogens (tertiary/aromatic N) is 1. The highest BCUT2D eigenvalue weighted by atomic mass is 127. The zero-order chi connectivity index (χ0) is 12.4. The Hall–Kier alpha value is -0.780. The first-order chi connectivity index (χ1) is 8.08. The summed E-state index contributed by atoms with van der Waals surface area (Å²) >= 11 is 2.23. The minimum atomic E-state index is 0.0798. The number of benzene rings is 1. The Labute approximate surface area is 115 Å². The summed E-state index contributed by atoms with van der Waals surface area (Å²) in [4.78, 5) is 14.0. The lowest BCUT2D eigenvalue weighted by molar-refractivity contribution is 0.0645. The molecule has 4 heteroatoms. The van der Waals surface area contributed by atoms with Gasteiger partial charge in [-0.05, 0) is 61.1 Å². The SMILES string of the molecule is CC(C)Oc1cc(I)ccc1C(=O)N1CCC1. The smallest absolute Gasteiger partial charge is 0.257 e. The largest absolute Gasteiger partial charge is 0.490 e. The number of amides is 1. The topological polar surface area (TPSA) is 29.5 Å². The van der Waals surface area contributed by atoms with Crippen molar-refractivity contribution in [1.82, 2.24) is 4.90 Å². The second-order valence-electron chi connectivity index (χ2n) is 4.45. The van der Waals surface area contributed by atoms with Gasteiger partial charge in [0.15, 0.2) is 0 Å². The van der Waals surface area contributed by atoms with E-state index in [1.165, 1.54) is 0 Å². The lowest BCUT2D eigenvalue weighted by Gasteiger charge is -2.31. The maximum Gasteiger partial charge on any atom is 0.257 e. The van der Waals surface area contributed by atoms with Gasteiger partial charge >= 0.3 is 0 Å². The molecule has 1 fully saturated rings. The maximum atomic E-state index is 12.2. The molecule has 1 amide bonds. The number of rotatable bonds is 3. The molecule has 0 unspecified atom stereocenters. The van der Waals surface area contributed by atoms with Crippen LogP contribution in [0, 0.1) is 3.57 Å². The van der Waals surface area contributed by atoms with E-state index in [0.717, 1.165) is 23.1 Å². The van der Waals surface area contributed by atoms with Crippen molar-refractivity contribution < 1.29 is 9.53 Å². The Morgan fingerprint density at radius 3 is 2.65 bits per heavy atom. The number of hydrogen-bond acceptors (Lipinski definition) is 2. The van der Waals surface area contributed by atoms with E-state index in [4.69, 9.17) is 4.74 Å². The van der Waals surface area contributed by atoms with Crippen LogP contribution in [0.4, 0.5) is 0 Å². The van der Waals surface area contributed by atoms with E-state index in [2.05, 4.69) is 22.6 Å². The Kier molecular flexibility index (Phi) is 3.91. The molecule has 0 aliphatic carbocycles. The molecule has 0 aromatic heterocycles. The summed E-state index contributed by atoms with van der Waals surface area (Å²) in [6.07, 6.45) is 1.19. The van der Waals surface area contributed by atoms with Crippen LogP contribution in [0.2, 0.25) is 0 Å². The van der Waals surface area contributed by atoms with Gasteiger partial charge in [-0.2, -0.15) is 0 Å². The van der Waals surface area contributed by atoms with Crippen molar-refractivity contribution in [1.29, 1.82) is 0 Å². The average molecular weight is 345 g/mol. The van der Waals surface area contributed by atoms with E-state index in [1.54, 1.807) is 0 Å². The molecule has 0 radical (unpaired) electrons. The lowest BCUT2D eigenvalue weighted by atomic mass is 10.1. The third kappa shape index (κ3) is 2.91. The van der Waals surface area contributed by atoms with Gasteiger partial charge in [-0.15, -0.1) is 0 Å². The molecule has 1 heterocycles. The van der Waals surface area contributed by atoms with Crippen LogP contribution in [0.25, 0.3) is 0 Å². The molecular formula is C13H16INO2. The van der Waals surface area contributed by atoms with Gasteiger partial charge in [0.2, 0.25) is 0 Å². The predicted molar refractivity (Wildman–Crippen MR) is 75.4 cm³/mol. The van der Waals surface area contributed by atoms with E-state index < -0.39 is 0 Å². The van der Waals surface area contributed by atoms with Crippen LogP contribution in [-0.2, 0) is 0 Å². The third-order valence-electron chi connectivity index (χ3n) is 2.68. The minimum absolute atomic E-state index is 0.0798. The van der Waals surface area contributed by atoms with Gasteiger partial charge in [0, 0.05) is 16.7 Å². The lowest BCUT2D eigenvalue weighted by Crippen LogP contribution is -2.42. The number of halogens is 1. The fourth-order valence-corrected chi connectivity index (χ4v) is 2.18. The minimum Gasteiger partial charge on any atom is -0.490 e. The molecule has 0 bridgehead atoms. The van der Waals surface area contributed by atoms with Crippen molar-refractivity contribution in [3.63, 3.8) is 0 Å². The van der Waals surface area contributed by atoms with Crippen LogP contribution in [-0.4, -0.2) is 30.0 Å². The molecule has 0 atom stereocenters. The van der Waals surface area contributed by atoms with Gasteiger partial charge in [-0.3, -0.25) is 4.79 Å². The molecule has 17 heavy (non-hydrogen) atoms. The van der Waals surface area contributed by atoms with Gasteiger partial charge in [0.05, 0.1) is 11.7 Å². The summed E-state index contributed by atoms with van der Waals surface area (Å²) in [5.41, 5.74) is 0.679. The highest BCUT2D eigenvalue weighted by molar-refractivity contribution is 14.1. The Morgan fingerprint density at radius 2 is 2.12 bits per heavy atom. The zero-order valence-electron chi connectivity index (χ0n) is 10.1. The monoisotopic (exact) mass is 345 g/mol. The van der Waals surface area contributed by atoms with Gasteiger partial charge in [-0.1, -0.05) is 0 Å². The average Bonchev–Trinajstić information content (AvgIpc) is 2.13. The van der Waals surface area contributed by atoms with Gasteiger partial charge < -0.3 is 9.64 Å². The Balaban J connectivity index is 2.27. The molecule has 1 aromatic rings. The molecule has 3 nitrogen and oxygen atoms in total. The Bertz CT molecular complexity index is 427. The van der Waals surface area contributed by atoms with Crippen LogP contribution >= 0.6 is 22.6 Å². The zero-order valence-corrected chi connectivity index (χ0v) is 12.2. The molecule has 1 aliphatic heterocycles. The Morgan fingerprint density at radius 1 is 1.41 bits per heavy atom. The summed E-state index contributed by atoms with van der Waals surface area (Å²) in [7, 11) is 0. The number of ether oxygens (including phenoxy) is 1. The van der Waals surface area contributed by atoms with Gasteiger partial charge in [0.25, 0.3) is 5.91 Å². The third-order valence-corrected chi connectivity index (χ3v) is 3.35. The second-order valence-corrected chi connectivity index (χ2v) is 5.70. The fraction of sp³-hybridized carbons (Fsp3) is 0.462. The summed E-state index contributed by atoms with van der Waals surface area (Å²) in [5, 5.41) is 0. The number of carbonyl (C=O) groups excluding carboxylic acids is 1. The van der Waals surface area contributed by atoms with E-state index in [-0.39, 0.29) is 12.0 Å². The van der Waals surface area contributed by atoms with Crippen molar-refractivity contribution in [3.05, 3.63) is 27.3 Å². The molecule has 1 aliphatic rings. The maximum absolute atomic E-state index is 12.2. The van der Waals surface area contributed by atoms with Crippen LogP contribution < -0.4 is 4.74 Å². The molecule has 0 spiro atoms. The quantitative estimate of drug-likeness (QED) is 0.789. The predicted octanol–water partition coefficient (Wildman–Crippen LogP) is 2.92. The van der Waals surface area contributed by atoms with E-state index >= 15 is 0 Å². The summed E-state index contributed by atoms with van der Waals surface area (Å²) < 4.78 is 6.80. The molecule has 92 valence electrons. The first-order valence-corrected chi connectivity index (χ1v) is 6.91. The first-order valence-electron chi connectivity index (χ1n) is 5.83. The number of hydrogen-bond donors (Lipinski definition) is 0. The molecule has 0 N–H and O–H groups in total. The molecule has 0 saturated carbocycles. The standard InChI is InChI=1S/C13H16INO2/c1-9(2)17-12-8-10(14)4-5-11(12)13(16)15-6-3-7-15/h4-5,8-9H,3,6-7H2,1-2H3. The van der Waals surface area contributed by atoms with Crippen LogP contribution in [0.3, 0.4) is 0 Å². The van der Waals surface area contributed by atoms with E-state index in [9.17, 15) is 4.79 Å². The summed E-state index contributed by atoms with van der Waals surface area (Å²) in [5.74, 6) is 0.784.